The molecule has 0 saturated carbocycles. The molecular formula is C12H12NiO8S4-4. The van der Waals surface area contributed by atoms with Gasteiger partial charge in [-0.15, -0.1) is 19.6 Å². The smallest absolute Gasteiger partial charge is 0.309 e. The average Bonchev–Trinajstić information content (AvgIpc) is 2.62. The summed E-state index contributed by atoms with van der Waals surface area (Å²) in [6.07, 6.45) is 0. The fourth-order valence-corrected chi connectivity index (χ4v) is 1.41. The zero-order chi connectivity index (χ0) is 19.4. The van der Waals surface area contributed by atoms with Gasteiger partial charge in [0.05, 0.1) is 28.4 Å². The van der Waals surface area contributed by atoms with Gasteiger partial charge in [-0.3, -0.25) is 0 Å². The summed E-state index contributed by atoms with van der Waals surface area (Å²) in [5.41, 5.74) is 0. The predicted octanol–water partition coefficient (Wildman–Crippen LogP) is -0.727. The molecule has 0 aromatic heterocycles. The van der Waals surface area contributed by atoms with Crippen molar-refractivity contribution in [2.24, 2.45) is 0 Å². The van der Waals surface area contributed by atoms with Gasteiger partial charge in [-0.2, -0.15) is 0 Å². The van der Waals surface area contributed by atoms with Gasteiger partial charge < -0.3 is 69.5 Å². The van der Waals surface area contributed by atoms with E-state index < -0.39 is 23.9 Å². The molecule has 8 nitrogen and oxygen atoms in total. The first-order chi connectivity index (χ1) is 11.1. The van der Waals surface area contributed by atoms with Crippen LogP contribution in [-0.2, 0) is 105 Å². The minimum atomic E-state index is -0.805. The van der Waals surface area contributed by atoms with Crippen LogP contribution in [0.4, 0.5) is 0 Å². The SMILES string of the molecule is COC(=O)C([S-])=C([S-])C(=O)OC.COC(=O)C([S-])=C([S-])C(=O)OC.[Ni]. The normalized spacial score (nSPS) is 11.0. The molecule has 0 amide bonds. The van der Waals surface area contributed by atoms with E-state index in [0.29, 0.717) is 0 Å². The Hall–Kier alpha value is -1.27. The zero-order valence-corrected chi connectivity index (χ0v) is 17.5. The topological polar surface area (TPSA) is 105 Å². The summed E-state index contributed by atoms with van der Waals surface area (Å²) in [6.45, 7) is 0. The number of rotatable bonds is 4. The van der Waals surface area contributed by atoms with Gasteiger partial charge in [0.25, 0.3) is 0 Å². The number of hydrogen-bond donors (Lipinski definition) is 0. The van der Waals surface area contributed by atoms with E-state index in [1.54, 1.807) is 0 Å². The van der Waals surface area contributed by atoms with Crippen molar-refractivity contribution >= 4 is 74.4 Å². The zero-order valence-electron chi connectivity index (χ0n) is 13.2. The molecule has 25 heavy (non-hydrogen) atoms. The molecule has 0 rings (SSSR count). The van der Waals surface area contributed by atoms with Crippen molar-refractivity contribution in [3.8, 4) is 0 Å². The van der Waals surface area contributed by atoms with E-state index in [-0.39, 0.29) is 36.1 Å². The van der Waals surface area contributed by atoms with E-state index in [2.05, 4.69) is 69.5 Å². The van der Waals surface area contributed by atoms with Crippen LogP contribution in [0.15, 0.2) is 19.6 Å². The molecule has 146 valence electrons. The number of carbonyl (C=O) groups excluding carboxylic acids is 4. The first-order valence-corrected chi connectivity index (χ1v) is 7.22. The molecule has 0 aromatic rings. The molecule has 0 fully saturated rings. The quantitative estimate of drug-likeness (QED) is 0.170. The second-order valence-corrected chi connectivity index (χ2v) is 4.92. The first-order valence-electron chi connectivity index (χ1n) is 5.58. The van der Waals surface area contributed by atoms with Crippen LogP contribution in [0.25, 0.3) is 0 Å². The second-order valence-electron chi connectivity index (χ2n) is 3.28. The molecule has 0 unspecified atom stereocenters. The van der Waals surface area contributed by atoms with Crippen molar-refractivity contribution in [3.63, 3.8) is 0 Å². The molecule has 0 aliphatic carbocycles. The third kappa shape index (κ3) is 10.3. The van der Waals surface area contributed by atoms with Gasteiger partial charge >= 0.3 is 23.9 Å². The van der Waals surface area contributed by atoms with Crippen LogP contribution in [0.1, 0.15) is 0 Å². The maximum atomic E-state index is 10.7. The minimum Gasteiger partial charge on any atom is -0.774 e. The van der Waals surface area contributed by atoms with Crippen LogP contribution in [-0.4, -0.2) is 52.3 Å². The Balaban J connectivity index is -0.000000372. The second kappa shape index (κ2) is 15.0. The standard InChI is InChI=1S/2C6H8O4S2.Ni/c2*1-9-5(7)3(11)4(12)6(8)10-2;/h2*11-12H,1-2H3;/p-4. The summed E-state index contributed by atoms with van der Waals surface area (Å²) in [7, 11) is 4.59. The molecule has 0 aromatic carbocycles. The van der Waals surface area contributed by atoms with Gasteiger partial charge in [0.1, 0.15) is 0 Å². The van der Waals surface area contributed by atoms with Crippen molar-refractivity contribution in [1.82, 2.24) is 0 Å². The summed E-state index contributed by atoms with van der Waals surface area (Å²) < 4.78 is 17.0. The van der Waals surface area contributed by atoms with Crippen molar-refractivity contribution in [2.75, 3.05) is 28.4 Å². The minimum absolute atomic E-state index is 0. The molecule has 0 N–H and O–H groups in total. The summed E-state index contributed by atoms with van der Waals surface area (Å²) in [5, 5.41) is 0. The Morgan fingerprint density at radius 1 is 0.480 bits per heavy atom. The van der Waals surface area contributed by atoms with E-state index in [9.17, 15) is 19.2 Å². The largest absolute Gasteiger partial charge is 0.774 e. The van der Waals surface area contributed by atoms with Crippen LogP contribution in [0, 0.1) is 0 Å². The fraction of sp³-hybridized carbons (Fsp3) is 0.333. The molecule has 0 aliphatic rings. The molecule has 0 saturated heterocycles. The monoisotopic (exact) mass is 470 g/mol. The van der Waals surface area contributed by atoms with E-state index >= 15 is 0 Å². The van der Waals surface area contributed by atoms with Gasteiger partial charge in [-0.25, -0.2) is 19.2 Å². The van der Waals surface area contributed by atoms with Gasteiger partial charge in [-0.05, 0) is 0 Å². The number of hydrogen-bond acceptors (Lipinski definition) is 12. The molecule has 0 aliphatic heterocycles. The summed E-state index contributed by atoms with van der Waals surface area (Å²) in [4.78, 5) is 41.5. The fourth-order valence-electron chi connectivity index (χ4n) is 0.742. The number of methoxy groups -OCH3 is 4. The van der Waals surface area contributed by atoms with Crippen LogP contribution >= 0.6 is 0 Å². The molecule has 13 heteroatoms. The van der Waals surface area contributed by atoms with Gasteiger partial charge in [0.2, 0.25) is 0 Å². The van der Waals surface area contributed by atoms with Crippen LogP contribution < -0.4 is 0 Å². The maximum Gasteiger partial charge on any atom is 0.309 e. The molecule has 0 atom stereocenters. The van der Waals surface area contributed by atoms with Gasteiger partial charge in [0.15, 0.2) is 0 Å². The maximum absolute atomic E-state index is 10.7. The van der Waals surface area contributed by atoms with Gasteiger partial charge in [-0.1, -0.05) is 0 Å². The third-order valence-corrected chi connectivity index (χ3v) is 3.64. The first kappa shape index (κ1) is 28.5. The Morgan fingerprint density at radius 3 is 0.680 bits per heavy atom. The molecular weight excluding hydrogens is 459 g/mol. The molecule has 0 bridgehead atoms. The predicted molar refractivity (Wildman–Crippen MR) is 91.6 cm³/mol. The van der Waals surface area contributed by atoms with Crippen molar-refractivity contribution < 1.29 is 54.6 Å². The Labute approximate surface area is 176 Å². The van der Waals surface area contributed by atoms with Crippen LogP contribution in [0.2, 0.25) is 0 Å². The average molecular weight is 471 g/mol. The molecule has 0 spiro atoms. The summed E-state index contributed by atoms with van der Waals surface area (Å²) in [6, 6.07) is 0. The Bertz CT molecular complexity index is 475. The molecule has 0 radical (unpaired) electrons. The van der Waals surface area contributed by atoms with E-state index in [4.69, 9.17) is 0 Å². The van der Waals surface area contributed by atoms with Crippen LogP contribution in [0.5, 0.6) is 0 Å². The number of carbonyl (C=O) groups is 4. The van der Waals surface area contributed by atoms with Crippen molar-refractivity contribution in [3.05, 3.63) is 19.6 Å². The summed E-state index contributed by atoms with van der Waals surface area (Å²) >= 11 is 18.1. The number of ether oxygens (including phenoxy) is 4. The van der Waals surface area contributed by atoms with Crippen molar-refractivity contribution in [2.45, 2.75) is 0 Å². The van der Waals surface area contributed by atoms with E-state index in [1.807, 2.05) is 0 Å². The Morgan fingerprint density at radius 2 is 0.600 bits per heavy atom. The van der Waals surface area contributed by atoms with Crippen molar-refractivity contribution in [1.29, 1.82) is 0 Å². The third-order valence-electron chi connectivity index (χ3n) is 1.90. The van der Waals surface area contributed by atoms with Gasteiger partial charge in [0, 0.05) is 16.5 Å². The number of esters is 4. The van der Waals surface area contributed by atoms with E-state index in [1.165, 1.54) is 0 Å². The molecule has 0 heterocycles. The van der Waals surface area contributed by atoms with Crippen LogP contribution in [0.3, 0.4) is 0 Å². The Kier molecular flexibility index (Phi) is 17.1. The van der Waals surface area contributed by atoms with E-state index in [0.717, 1.165) is 28.4 Å². The summed E-state index contributed by atoms with van der Waals surface area (Å²) in [5.74, 6) is -3.22.